The highest BCUT2D eigenvalue weighted by Gasteiger charge is 2.21. The molecule has 1 N–H and O–H groups in total. The fourth-order valence-corrected chi connectivity index (χ4v) is 3.11. The number of nitrogens with zero attached hydrogens (tertiary/aromatic N) is 2. The van der Waals surface area contributed by atoms with Gasteiger partial charge in [-0.1, -0.05) is 29.8 Å². The van der Waals surface area contributed by atoms with Crippen LogP contribution in [-0.4, -0.2) is 41.1 Å². The van der Waals surface area contributed by atoms with Crippen LogP contribution in [0.25, 0.3) is 0 Å². The molecule has 0 bridgehead atoms. The van der Waals surface area contributed by atoms with Crippen molar-refractivity contribution in [2.75, 3.05) is 18.9 Å². The summed E-state index contributed by atoms with van der Waals surface area (Å²) in [6.07, 6.45) is 1.80. The largest absolute Gasteiger partial charge is 0.444 e. The van der Waals surface area contributed by atoms with E-state index in [0.717, 1.165) is 10.4 Å². The summed E-state index contributed by atoms with van der Waals surface area (Å²) in [6.45, 7) is 5.20. The molecule has 0 aliphatic heterocycles. The second-order valence-electron chi connectivity index (χ2n) is 6.78. The lowest BCUT2D eigenvalue weighted by Gasteiger charge is -2.24. The van der Waals surface area contributed by atoms with Gasteiger partial charge in [0.1, 0.15) is 12.1 Å². The molecule has 1 aromatic heterocycles. The van der Waals surface area contributed by atoms with Gasteiger partial charge >= 0.3 is 6.09 Å². The fourth-order valence-electron chi connectivity index (χ4n) is 2.06. The molecule has 0 aliphatic carbocycles. The number of amides is 2. The van der Waals surface area contributed by atoms with Gasteiger partial charge in [-0.2, -0.15) is 0 Å². The Hall–Kier alpha value is -2.12. The van der Waals surface area contributed by atoms with E-state index in [9.17, 15) is 9.59 Å². The summed E-state index contributed by atoms with van der Waals surface area (Å²) in [7, 11) is 1.51. The van der Waals surface area contributed by atoms with Gasteiger partial charge in [0.05, 0.1) is 0 Å². The third kappa shape index (κ3) is 6.31. The van der Waals surface area contributed by atoms with Crippen LogP contribution in [-0.2, 0) is 16.0 Å². The minimum atomic E-state index is -0.606. The van der Waals surface area contributed by atoms with Crippen molar-refractivity contribution in [3.8, 4) is 0 Å². The number of hydrogen-bond acceptors (Lipinski definition) is 5. The van der Waals surface area contributed by atoms with Crippen LogP contribution in [0.3, 0.4) is 0 Å². The minimum Gasteiger partial charge on any atom is -0.444 e. The molecule has 1 heterocycles. The molecule has 2 amide bonds. The quantitative estimate of drug-likeness (QED) is 0.823. The maximum absolute atomic E-state index is 12.1. The topological polar surface area (TPSA) is 71.5 Å². The molecule has 140 valence electrons. The van der Waals surface area contributed by atoms with Gasteiger partial charge in [-0.25, -0.2) is 9.78 Å². The molecular formula is C18H22ClN3O3S. The van der Waals surface area contributed by atoms with Gasteiger partial charge in [-0.3, -0.25) is 4.79 Å². The van der Waals surface area contributed by atoms with Crippen LogP contribution in [0.2, 0.25) is 5.02 Å². The number of anilines is 1. The number of aromatic nitrogens is 1. The monoisotopic (exact) mass is 395 g/mol. The molecule has 0 aliphatic rings. The van der Waals surface area contributed by atoms with E-state index < -0.39 is 11.7 Å². The smallest absolute Gasteiger partial charge is 0.410 e. The van der Waals surface area contributed by atoms with E-state index >= 15 is 0 Å². The Bertz CT molecular complexity index is 786. The zero-order valence-electron chi connectivity index (χ0n) is 15.2. The highest BCUT2D eigenvalue weighted by molar-refractivity contribution is 7.15. The van der Waals surface area contributed by atoms with Crippen molar-refractivity contribution in [1.29, 1.82) is 0 Å². The lowest BCUT2D eigenvalue weighted by Crippen LogP contribution is -2.38. The van der Waals surface area contributed by atoms with Gasteiger partial charge < -0.3 is 15.0 Å². The third-order valence-corrected chi connectivity index (χ3v) is 4.49. The summed E-state index contributed by atoms with van der Waals surface area (Å²) in [5.41, 5.74) is 0.394. The number of nitrogens with one attached hydrogen (secondary N) is 1. The summed E-state index contributed by atoms with van der Waals surface area (Å²) in [5, 5.41) is 3.88. The number of carbonyl (C=O) groups is 2. The first kappa shape index (κ1) is 20.2. The number of thiazole rings is 1. The summed E-state index contributed by atoms with van der Waals surface area (Å²) in [5.74, 6) is -0.336. The number of benzene rings is 1. The van der Waals surface area contributed by atoms with Gasteiger partial charge in [0.2, 0.25) is 5.91 Å². The van der Waals surface area contributed by atoms with E-state index in [1.165, 1.54) is 23.3 Å². The molecule has 0 atom stereocenters. The summed E-state index contributed by atoms with van der Waals surface area (Å²) >= 11 is 7.54. The van der Waals surface area contributed by atoms with Gasteiger partial charge in [0.25, 0.3) is 0 Å². The van der Waals surface area contributed by atoms with E-state index in [4.69, 9.17) is 16.3 Å². The zero-order chi connectivity index (χ0) is 19.3. The summed E-state index contributed by atoms with van der Waals surface area (Å²) in [4.78, 5) is 30.4. The molecule has 6 nitrogen and oxygen atoms in total. The SMILES string of the molecule is CN(CC(=O)Nc1ncc(Cc2ccccc2Cl)s1)C(=O)OC(C)(C)C. The number of hydrogen-bond donors (Lipinski definition) is 1. The Morgan fingerprint density at radius 3 is 2.65 bits per heavy atom. The van der Waals surface area contributed by atoms with Crippen molar-refractivity contribution in [2.45, 2.75) is 32.8 Å². The minimum absolute atomic E-state index is 0.117. The van der Waals surface area contributed by atoms with Gasteiger partial charge in [0, 0.05) is 29.6 Å². The molecule has 0 unspecified atom stereocenters. The fraction of sp³-hybridized carbons (Fsp3) is 0.389. The molecule has 0 fully saturated rings. The Labute approximate surface area is 162 Å². The standard InChI is InChI=1S/C18H22ClN3O3S/c1-18(2,3)25-17(24)22(4)11-15(23)21-16-20-10-13(26-16)9-12-7-5-6-8-14(12)19/h5-8,10H,9,11H2,1-4H3,(H,20,21,23). The average molecular weight is 396 g/mol. The molecule has 26 heavy (non-hydrogen) atoms. The Balaban J connectivity index is 1.89. The number of rotatable bonds is 5. The normalized spacial score (nSPS) is 11.1. The maximum atomic E-state index is 12.1. The number of ether oxygens (including phenoxy) is 1. The van der Waals surface area contributed by atoms with Crippen molar-refractivity contribution in [1.82, 2.24) is 9.88 Å². The van der Waals surface area contributed by atoms with E-state index in [1.54, 1.807) is 27.0 Å². The zero-order valence-corrected chi connectivity index (χ0v) is 16.8. The summed E-state index contributed by atoms with van der Waals surface area (Å²) < 4.78 is 5.21. The second kappa shape index (κ2) is 8.51. The average Bonchev–Trinajstić information content (AvgIpc) is 2.94. The van der Waals surface area contributed by atoms with Crippen LogP contribution in [0.5, 0.6) is 0 Å². The Morgan fingerprint density at radius 1 is 1.31 bits per heavy atom. The molecule has 0 saturated carbocycles. The third-order valence-electron chi connectivity index (χ3n) is 3.21. The number of carbonyl (C=O) groups excluding carboxylic acids is 2. The van der Waals surface area contributed by atoms with E-state index in [2.05, 4.69) is 10.3 Å². The van der Waals surface area contributed by atoms with Crippen molar-refractivity contribution < 1.29 is 14.3 Å². The molecule has 0 radical (unpaired) electrons. The van der Waals surface area contributed by atoms with E-state index in [-0.39, 0.29) is 12.5 Å². The van der Waals surface area contributed by atoms with E-state index in [0.29, 0.717) is 16.6 Å². The predicted molar refractivity (Wildman–Crippen MR) is 104 cm³/mol. The molecule has 0 spiro atoms. The molecule has 1 aromatic carbocycles. The molecule has 0 saturated heterocycles. The van der Waals surface area contributed by atoms with E-state index in [1.807, 2.05) is 24.3 Å². The number of halogens is 1. The molecule has 8 heteroatoms. The van der Waals surface area contributed by atoms with Gasteiger partial charge in [0.15, 0.2) is 5.13 Å². The van der Waals surface area contributed by atoms with Crippen LogP contribution in [0.4, 0.5) is 9.93 Å². The van der Waals surface area contributed by atoms with Gasteiger partial charge in [-0.15, -0.1) is 11.3 Å². The van der Waals surface area contributed by atoms with Gasteiger partial charge in [-0.05, 0) is 32.4 Å². The predicted octanol–water partition coefficient (Wildman–Crippen LogP) is 4.19. The first-order valence-electron chi connectivity index (χ1n) is 8.06. The highest BCUT2D eigenvalue weighted by Crippen LogP contribution is 2.24. The molecular weight excluding hydrogens is 374 g/mol. The van der Waals surface area contributed by atoms with Crippen LogP contribution in [0.15, 0.2) is 30.5 Å². The molecule has 2 rings (SSSR count). The van der Waals surface area contributed by atoms with Crippen molar-refractivity contribution >= 4 is 40.1 Å². The second-order valence-corrected chi connectivity index (χ2v) is 8.31. The van der Waals surface area contributed by atoms with Crippen molar-refractivity contribution in [3.63, 3.8) is 0 Å². The molecule has 2 aromatic rings. The van der Waals surface area contributed by atoms with Crippen LogP contribution in [0, 0.1) is 0 Å². The first-order chi connectivity index (χ1) is 12.1. The highest BCUT2D eigenvalue weighted by atomic mass is 35.5. The van der Waals surface area contributed by atoms with Crippen molar-refractivity contribution in [2.24, 2.45) is 0 Å². The van der Waals surface area contributed by atoms with Crippen LogP contribution >= 0.6 is 22.9 Å². The first-order valence-corrected chi connectivity index (χ1v) is 9.25. The van der Waals surface area contributed by atoms with Crippen LogP contribution < -0.4 is 5.32 Å². The maximum Gasteiger partial charge on any atom is 0.410 e. The van der Waals surface area contributed by atoms with Crippen LogP contribution in [0.1, 0.15) is 31.2 Å². The van der Waals surface area contributed by atoms with Crippen molar-refractivity contribution in [3.05, 3.63) is 45.9 Å². The summed E-state index contributed by atoms with van der Waals surface area (Å²) in [6, 6.07) is 7.60. The number of likely N-dealkylation sites (N-methyl/N-ethyl adjacent to an activating group) is 1. The Morgan fingerprint density at radius 2 is 2.00 bits per heavy atom. The Kier molecular flexibility index (Phi) is 6.61. The lowest BCUT2D eigenvalue weighted by atomic mass is 10.1. The lowest BCUT2D eigenvalue weighted by molar-refractivity contribution is -0.117.